The predicted molar refractivity (Wildman–Crippen MR) is 90.8 cm³/mol. The van der Waals surface area contributed by atoms with Crippen LogP contribution in [0.2, 0.25) is 0 Å². The summed E-state index contributed by atoms with van der Waals surface area (Å²) in [5.74, 6) is 0.944. The summed E-state index contributed by atoms with van der Waals surface area (Å²) in [6.07, 6.45) is 10.1. The molecule has 7 heteroatoms. The number of carbonyl (C=O) groups excluding carboxylic acids is 1. The summed E-state index contributed by atoms with van der Waals surface area (Å²) in [5.41, 5.74) is 1.62. The van der Waals surface area contributed by atoms with E-state index in [1.54, 1.807) is 10.9 Å². The molecule has 0 bridgehead atoms. The fourth-order valence-electron chi connectivity index (χ4n) is 3.84. The van der Waals surface area contributed by atoms with Gasteiger partial charge in [-0.15, -0.1) is 0 Å². The van der Waals surface area contributed by atoms with Crippen LogP contribution in [0.25, 0.3) is 0 Å². The molecule has 2 saturated heterocycles. The molecule has 126 valence electrons. The normalized spacial score (nSPS) is 24.2. The largest absolute Gasteiger partial charge is 0.340 e. The van der Waals surface area contributed by atoms with Crippen molar-refractivity contribution in [1.29, 1.82) is 0 Å². The summed E-state index contributed by atoms with van der Waals surface area (Å²) in [6, 6.07) is 0. The summed E-state index contributed by atoms with van der Waals surface area (Å²) < 4.78 is 1.74. The van der Waals surface area contributed by atoms with E-state index in [2.05, 4.69) is 20.0 Å². The van der Waals surface area contributed by atoms with Crippen molar-refractivity contribution in [3.05, 3.63) is 30.4 Å². The van der Waals surface area contributed by atoms with Gasteiger partial charge in [0.25, 0.3) is 0 Å². The van der Waals surface area contributed by atoms with Gasteiger partial charge in [0.2, 0.25) is 11.9 Å². The van der Waals surface area contributed by atoms with Crippen molar-refractivity contribution >= 4 is 17.5 Å². The van der Waals surface area contributed by atoms with E-state index in [4.69, 9.17) is 0 Å². The van der Waals surface area contributed by atoms with Gasteiger partial charge >= 0.3 is 0 Å². The smallest absolute Gasteiger partial charge is 0.235 e. The average molecular weight is 326 g/mol. The zero-order valence-electron chi connectivity index (χ0n) is 14.1. The number of rotatable bonds is 2. The number of carbonyl (C=O) groups is 1. The third kappa shape index (κ3) is 2.44. The Morgan fingerprint density at radius 1 is 1.12 bits per heavy atom. The maximum atomic E-state index is 13.1. The molecule has 0 saturated carbocycles. The van der Waals surface area contributed by atoms with Crippen LogP contribution in [0, 0.1) is 12.3 Å². The highest BCUT2D eigenvalue weighted by molar-refractivity contribution is 6.00. The maximum absolute atomic E-state index is 13.1. The molecule has 0 aliphatic carbocycles. The Morgan fingerprint density at radius 2 is 1.92 bits per heavy atom. The third-order valence-corrected chi connectivity index (χ3v) is 5.14. The van der Waals surface area contributed by atoms with Crippen molar-refractivity contribution in [2.45, 2.75) is 26.2 Å². The molecule has 4 heterocycles. The van der Waals surface area contributed by atoms with Gasteiger partial charge in [-0.05, 0) is 31.7 Å². The minimum absolute atomic E-state index is 0.215. The molecule has 0 unspecified atom stereocenters. The van der Waals surface area contributed by atoms with E-state index in [0.717, 1.165) is 49.6 Å². The Bertz CT molecular complexity index is 755. The minimum Gasteiger partial charge on any atom is -0.340 e. The van der Waals surface area contributed by atoms with E-state index in [-0.39, 0.29) is 11.3 Å². The van der Waals surface area contributed by atoms with Crippen molar-refractivity contribution in [1.82, 2.24) is 19.7 Å². The zero-order valence-corrected chi connectivity index (χ0v) is 14.1. The van der Waals surface area contributed by atoms with E-state index >= 15 is 0 Å². The van der Waals surface area contributed by atoms with Crippen LogP contribution in [0.15, 0.2) is 24.8 Å². The molecule has 2 aromatic heterocycles. The average Bonchev–Trinajstić information content (AvgIpc) is 3.13. The fraction of sp³-hybridized carbons (Fsp3) is 0.529. The second kappa shape index (κ2) is 5.58. The molecule has 1 atom stereocenters. The molecule has 2 aliphatic heterocycles. The monoisotopic (exact) mass is 326 g/mol. The molecule has 4 rings (SSSR count). The number of piperidine rings is 1. The number of nitrogens with zero attached hydrogens (tertiary/aromatic N) is 6. The second-order valence-corrected chi connectivity index (χ2v) is 6.94. The van der Waals surface area contributed by atoms with Crippen LogP contribution in [-0.2, 0) is 11.8 Å². The Hall–Kier alpha value is -2.44. The Kier molecular flexibility index (Phi) is 3.51. The predicted octanol–water partition coefficient (Wildman–Crippen LogP) is 1.54. The number of anilines is 2. The molecule has 24 heavy (non-hydrogen) atoms. The number of amides is 1. The Balaban J connectivity index is 1.56. The number of hydrogen-bond donors (Lipinski definition) is 0. The lowest BCUT2D eigenvalue weighted by atomic mass is 9.78. The van der Waals surface area contributed by atoms with Crippen LogP contribution < -0.4 is 9.80 Å². The highest BCUT2D eigenvalue weighted by Crippen LogP contribution is 2.42. The lowest BCUT2D eigenvalue weighted by Crippen LogP contribution is -2.48. The Morgan fingerprint density at radius 3 is 2.62 bits per heavy atom. The quantitative estimate of drug-likeness (QED) is 0.837. The van der Waals surface area contributed by atoms with Gasteiger partial charge in [-0.25, -0.2) is 9.97 Å². The van der Waals surface area contributed by atoms with Crippen LogP contribution in [-0.4, -0.2) is 45.3 Å². The van der Waals surface area contributed by atoms with Crippen LogP contribution in [0.5, 0.6) is 0 Å². The van der Waals surface area contributed by atoms with Crippen molar-refractivity contribution < 1.29 is 4.79 Å². The summed E-state index contributed by atoms with van der Waals surface area (Å²) in [6.45, 7) is 4.34. The molecule has 1 amide bonds. The summed E-state index contributed by atoms with van der Waals surface area (Å²) >= 11 is 0. The van der Waals surface area contributed by atoms with Crippen LogP contribution >= 0.6 is 0 Å². The van der Waals surface area contributed by atoms with Crippen LogP contribution in [0.1, 0.15) is 24.8 Å². The summed E-state index contributed by atoms with van der Waals surface area (Å²) in [4.78, 5) is 26.1. The van der Waals surface area contributed by atoms with E-state index < -0.39 is 0 Å². The first-order chi connectivity index (χ1) is 11.6. The highest BCUT2D eigenvalue weighted by Gasteiger charge is 2.49. The molecule has 1 spiro atoms. The van der Waals surface area contributed by atoms with Crippen molar-refractivity contribution in [2.75, 3.05) is 29.4 Å². The van der Waals surface area contributed by atoms with E-state index in [0.29, 0.717) is 6.54 Å². The van der Waals surface area contributed by atoms with Gasteiger partial charge in [-0.2, -0.15) is 5.10 Å². The van der Waals surface area contributed by atoms with Gasteiger partial charge < -0.3 is 9.80 Å². The molecule has 2 aliphatic rings. The molecular weight excluding hydrogens is 304 g/mol. The summed E-state index contributed by atoms with van der Waals surface area (Å²) in [5, 5.41) is 4.19. The van der Waals surface area contributed by atoms with E-state index in [1.807, 2.05) is 37.5 Å². The summed E-state index contributed by atoms with van der Waals surface area (Å²) in [7, 11) is 1.87. The van der Waals surface area contributed by atoms with Gasteiger partial charge in [0, 0.05) is 45.3 Å². The standard InChI is InChI=1S/C17H22N6O/c1-13-8-18-16(19-9-13)22-6-3-4-17(12-22)5-7-23(15(17)24)14-10-20-21(2)11-14/h8-11H,3-7,12H2,1-2H3/t17-/m0/s1. The third-order valence-electron chi connectivity index (χ3n) is 5.14. The fourth-order valence-corrected chi connectivity index (χ4v) is 3.84. The topological polar surface area (TPSA) is 67.2 Å². The van der Waals surface area contributed by atoms with Crippen molar-refractivity contribution in [3.63, 3.8) is 0 Å². The van der Waals surface area contributed by atoms with Crippen molar-refractivity contribution in [2.24, 2.45) is 12.5 Å². The molecule has 0 radical (unpaired) electrons. The molecule has 7 nitrogen and oxygen atoms in total. The van der Waals surface area contributed by atoms with Gasteiger partial charge in [0.05, 0.1) is 17.3 Å². The Labute approximate surface area is 141 Å². The SMILES string of the molecule is Cc1cnc(N2CCC[C@]3(CCN(c4cnn(C)c4)C3=O)C2)nc1. The first kappa shape index (κ1) is 15.1. The minimum atomic E-state index is -0.317. The second-order valence-electron chi connectivity index (χ2n) is 6.94. The van der Waals surface area contributed by atoms with Gasteiger partial charge in [-0.1, -0.05) is 0 Å². The molecule has 2 aromatic rings. The molecule has 2 fully saturated rings. The zero-order chi connectivity index (χ0) is 16.7. The van der Waals surface area contributed by atoms with E-state index in [1.165, 1.54) is 0 Å². The van der Waals surface area contributed by atoms with Crippen molar-refractivity contribution in [3.8, 4) is 0 Å². The van der Waals surface area contributed by atoms with Gasteiger partial charge in [0.1, 0.15) is 0 Å². The van der Waals surface area contributed by atoms with Gasteiger partial charge in [0.15, 0.2) is 0 Å². The van der Waals surface area contributed by atoms with Gasteiger partial charge in [-0.3, -0.25) is 9.48 Å². The molecule has 0 aromatic carbocycles. The highest BCUT2D eigenvalue weighted by atomic mass is 16.2. The molecule has 0 N–H and O–H groups in total. The first-order valence-corrected chi connectivity index (χ1v) is 8.42. The lowest BCUT2D eigenvalue weighted by Gasteiger charge is -2.38. The van der Waals surface area contributed by atoms with Crippen LogP contribution in [0.4, 0.5) is 11.6 Å². The number of aromatic nitrogens is 4. The van der Waals surface area contributed by atoms with Crippen LogP contribution in [0.3, 0.4) is 0 Å². The lowest BCUT2D eigenvalue weighted by molar-refractivity contribution is -0.126. The number of hydrogen-bond acceptors (Lipinski definition) is 5. The van der Waals surface area contributed by atoms with E-state index in [9.17, 15) is 4.79 Å². The molecular formula is C17H22N6O. The maximum Gasteiger partial charge on any atom is 0.235 e. The number of aryl methyl sites for hydroxylation is 2. The first-order valence-electron chi connectivity index (χ1n) is 8.42.